The standard InChI is InChI=1S/C11H14BrNO2/c1-11(4-5-13)14-7-8-6-9(12)2-3-10(8)15-11/h2-3,6H,4-5,7,13H2,1H3. The molecule has 0 saturated carbocycles. The Balaban J connectivity index is 2.23. The lowest BCUT2D eigenvalue weighted by atomic mass is 10.1. The van der Waals surface area contributed by atoms with Gasteiger partial charge < -0.3 is 15.2 Å². The van der Waals surface area contributed by atoms with Gasteiger partial charge in [0, 0.05) is 23.4 Å². The van der Waals surface area contributed by atoms with E-state index in [0.29, 0.717) is 19.6 Å². The zero-order valence-electron chi connectivity index (χ0n) is 8.63. The number of fused-ring (bicyclic) bond motifs is 1. The Morgan fingerprint density at radius 1 is 1.53 bits per heavy atom. The predicted octanol–water partition coefficient (Wildman–Crippen LogP) is 2.42. The smallest absolute Gasteiger partial charge is 0.209 e. The summed E-state index contributed by atoms with van der Waals surface area (Å²) >= 11 is 3.42. The summed E-state index contributed by atoms with van der Waals surface area (Å²) in [5, 5.41) is 0. The molecule has 0 aliphatic carbocycles. The fourth-order valence-electron chi connectivity index (χ4n) is 1.64. The van der Waals surface area contributed by atoms with E-state index in [1.165, 1.54) is 0 Å². The third-order valence-electron chi connectivity index (χ3n) is 2.48. The summed E-state index contributed by atoms with van der Waals surface area (Å²) in [5.41, 5.74) is 6.59. The van der Waals surface area contributed by atoms with Gasteiger partial charge in [-0.3, -0.25) is 0 Å². The number of benzene rings is 1. The topological polar surface area (TPSA) is 44.5 Å². The van der Waals surface area contributed by atoms with Crippen LogP contribution in [0.3, 0.4) is 0 Å². The SMILES string of the molecule is CC1(CCN)OCc2cc(Br)ccc2O1. The molecular weight excluding hydrogens is 258 g/mol. The van der Waals surface area contributed by atoms with Gasteiger partial charge >= 0.3 is 0 Å². The van der Waals surface area contributed by atoms with E-state index in [1.54, 1.807) is 0 Å². The zero-order valence-corrected chi connectivity index (χ0v) is 10.2. The highest BCUT2D eigenvalue weighted by molar-refractivity contribution is 9.10. The largest absolute Gasteiger partial charge is 0.462 e. The van der Waals surface area contributed by atoms with Crippen LogP contribution in [-0.4, -0.2) is 12.3 Å². The molecule has 1 atom stereocenters. The molecule has 0 amide bonds. The molecule has 2 rings (SSSR count). The maximum atomic E-state index is 5.79. The first-order valence-electron chi connectivity index (χ1n) is 4.94. The van der Waals surface area contributed by atoms with Gasteiger partial charge in [0.25, 0.3) is 0 Å². The van der Waals surface area contributed by atoms with Crippen molar-refractivity contribution < 1.29 is 9.47 Å². The van der Waals surface area contributed by atoms with Crippen LogP contribution in [0.15, 0.2) is 22.7 Å². The molecular formula is C11H14BrNO2. The van der Waals surface area contributed by atoms with E-state index in [1.807, 2.05) is 25.1 Å². The fourth-order valence-corrected chi connectivity index (χ4v) is 2.05. The molecule has 1 unspecified atom stereocenters. The summed E-state index contributed by atoms with van der Waals surface area (Å²) < 4.78 is 12.5. The predicted molar refractivity (Wildman–Crippen MR) is 61.6 cm³/mol. The van der Waals surface area contributed by atoms with Crippen molar-refractivity contribution >= 4 is 15.9 Å². The molecule has 0 aromatic heterocycles. The van der Waals surface area contributed by atoms with Crippen LogP contribution >= 0.6 is 15.9 Å². The molecule has 1 aromatic carbocycles. The number of halogens is 1. The molecule has 0 saturated heterocycles. The summed E-state index contributed by atoms with van der Waals surface area (Å²) in [6.07, 6.45) is 0.697. The maximum Gasteiger partial charge on any atom is 0.209 e. The van der Waals surface area contributed by atoms with Crippen molar-refractivity contribution in [1.82, 2.24) is 0 Å². The average Bonchev–Trinajstić information content (AvgIpc) is 2.19. The van der Waals surface area contributed by atoms with Crippen molar-refractivity contribution in [3.63, 3.8) is 0 Å². The number of hydrogen-bond acceptors (Lipinski definition) is 3. The molecule has 0 bridgehead atoms. The quantitative estimate of drug-likeness (QED) is 0.899. The van der Waals surface area contributed by atoms with Gasteiger partial charge in [0.1, 0.15) is 5.75 Å². The monoisotopic (exact) mass is 271 g/mol. The van der Waals surface area contributed by atoms with E-state index in [-0.39, 0.29) is 0 Å². The highest BCUT2D eigenvalue weighted by Crippen LogP contribution is 2.34. The highest BCUT2D eigenvalue weighted by Gasteiger charge is 2.31. The van der Waals surface area contributed by atoms with E-state index in [0.717, 1.165) is 15.8 Å². The number of nitrogens with two attached hydrogens (primary N) is 1. The molecule has 0 spiro atoms. The summed E-state index contributed by atoms with van der Waals surface area (Å²) in [5.74, 6) is 0.315. The molecule has 15 heavy (non-hydrogen) atoms. The normalized spacial score (nSPS) is 24.5. The van der Waals surface area contributed by atoms with Crippen LogP contribution in [0.2, 0.25) is 0 Å². The molecule has 3 nitrogen and oxygen atoms in total. The van der Waals surface area contributed by atoms with E-state index >= 15 is 0 Å². The molecule has 1 heterocycles. The van der Waals surface area contributed by atoms with Crippen LogP contribution in [0.5, 0.6) is 5.75 Å². The second kappa shape index (κ2) is 4.12. The van der Waals surface area contributed by atoms with Crippen molar-refractivity contribution in [2.45, 2.75) is 25.7 Å². The number of rotatable bonds is 2. The highest BCUT2D eigenvalue weighted by atomic mass is 79.9. The second-order valence-electron chi connectivity index (χ2n) is 3.82. The first kappa shape index (κ1) is 10.9. The first-order chi connectivity index (χ1) is 7.13. The summed E-state index contributed by atoms with van der Waals surface area (Å²) in [6.45, 7) is 3.05. The maximum absolute atomic E-state index is 5.79. The lowest BCUT2D eigenvalue weighted by Crippen LogP contribution is -2.40. The molecule has 1 aliphatic rings. The van der Waals surface area contributed by atoms with Crippen molar-refractivity contribution in [2.24, 2.45) is 5.73 Å². The molecule has 1 aromatic rings. The number of ether oxygens (including phenoxy) is 2. The Labute approximate surface area is 97.7 Å². The van der Waals surface area contributed by atoms with E-state index in [9.17, 15) is 0 Å². The van der Waals surface area contributed by atoms with Gasteiger partial charge in [-0.05, 0) is 24.7 Å². The van der Waals surface area contributed by atoms with Crippen molar-refractivity contribution in [1.29, 1.82) is 0 Å². The molecule has 0 radical (unpaired) electrons. The van der Waals surface area contributed by atoms with E-state index in [4.69, 9.17) is 15.2 Å². The van der Waals surface area contributed by atoms with Crippen LogP contribution in [0.25, 0.3) is 0 Å². The molecule has 2 N–H and O–H groups in total. The van der Waals surface area contributed by atoms with Crippen molar-refractivity contribution in [3.05, 3.63) is 28.2 Å². The van der Waals surface area contributed by atoms with Gasteiger partial charge in [0.15, 0.2) is 0 Å². The van der Waals surface area contributed by atoms with Crippen LogP contribution in [0.4, 0.5) is 0 Å². The zero-order chi connectivity index (χ0) is 10.9. The van der Waals surface area contributed by atoms with Crippen LogP contribution in [-0.2, 0) is 11.3 Å². The summed E-state index contributed by atoms with van der Waals surface area (Å²) in [4.78, 5) is 0. The second-order valence-corrected chi connectivity index (χ2v) is 4.73. The molecule has 82 valence electrons. The van der Waals surface area contributed by atoms with Gasteiger partial charge in [-0.25, -0.2) is 0 Å². The van der Waals surface area contributed by atoms with Crippen molar-refractivity contribution in [3.8, 4) is 5.75 Å². The Kier molecular flexibility index (Phi) is 3.00. The van der Waals surface area contributed by atoms with Crippen LogP contribution in [0, 0.1) is 0 Å². The Bertz CT molecular complexity index is 370. The molecule has 4 heteroatoms. The minimum atomic E-state index is -0.574. The lowest BCUT2D eigenvalue weighted by Gasteiger charge is -2.35. The molecule has 1 aliphatic heterocycles. The minimum absolute atomic E-state index is 0.558. The van der Waals surface area contributed by atoms with Gasteiger partial charge in [-0.15, -0.1) is 0 Å². The third kappa shape index (κ3) is 2.33. The fraction of sp³-hybridized carbons (Fsp3) is 0.455. The van der Waals surface area contributed by atoms with Gasteiger partial charge in [-0.2, -0.15) is 0 Å². The average molecular weight is 272 g/mol. The van der Waals surface area contributed by atoms with Gasteiger partial charge in [0.05, 0.1) is 6.61 Å². The molecule has 0 fully saturated rings. The Morgan fingerprint density at radius 2 is 2.33 bits per heavy atom. The summed E-state index contributed by atoms with van der Waals surface area (Å²) in [6, 6.07) is 5.93. The Hall–Kier alpha value is -0.580. The summed E-state index contributed by atoms with van der Waals surface area (Å²) in [7, 11) is 0. The van der Waals surface area contributed by atoms with E-state index < -0.39 is 5.79 Å². The van der Waals surface area contributed by atoms with Gasteiger partial charge in [-0.1, -0.05) is 15.9 Å². The minimum Gasteiger partial charge on any atom is -0.462 e. The van der Waals surface area contributed by atoms with Gasteiger partial charge in [0.2, 0.25) is 5.79 Å². The first-order valence-corrected chi connectivity index (χ1v) is 5.74. The third-order valence-corrected chi connectivity index (χ3v) is 2.97. The lowest BCUT2D eigenvalue weighted by molar-refractivity contribution is -0.195. The number of hydrogen-bond donors (Lipinski definition) is 1. The van der Waals surface area contributed by atoms with Crippen molar-refractivity contribution in [2.75, 3.05) is 6.54 Å². The Morgan fingerprint density at radius 3 is 3.07 bits per heavy atom. The van der Waals surface area contributed by atoms with Crippen LogP contribution < -0.4 is 10.5 Å². The van der Waals surface area contributed by atoms with E-state index in [2.05, 4.69) is 15.9 Å². The van der Waals surface area contributed by atoms with Crippen LogP contribution in [0.1, 0.15) is 18.9 Å².